The first-order valence-corrected chi connectivity index (χ1v) is 24.1. The van der Waals surface area contributed by atoms with Crippen LogP contribution in [0.25, 0.3) is 55.6 Å². The summed E-state index contributed by atoms with van der Waals surface area (Å²) in [6.07, 6.45) is 9.24. The minimum absolute atomic E-state index is 0.109. The molecule has 0 bridgehead atoms. The van der Waals surface area contributed by atoms with E-state index in [1.807, 2.05) is 0 Å². The van der Waals surface area contributed by atoms with Gasteiger partial charge in [-0.15, -0.1) is 0 Å². The number of hydrogen-bond donors (Lipinski definition) is 0. The number of para-hydroxylation sites is 2. The van der Waals surface area contributed by atoms with Crippen LogP contribution >= 0.6 is 0 Å². The molecule has 0 radical (unpaired) electrons. The summed E-state index contributed by atoms with van der Waals surface area (Å²) in [5.74, 6) is 0. The number of rotatable bonds is 12. The number of fused-ring (bicyclic) bond motifs is 5. The first kappa shape index (κ1) is 42.5. The van der Waals surface area contributed by atoms with E-state index in [2.05, 4.69) is 260 Å². The lowest BCUT2D eigenvalue weighted by Gasteiger charge is -2.44. The average molecular weight is 873 g/mol. The van der Waals surface area contributed by atoms with Crippen LogP contribution in [-0.4, -0.2) is 6.71 Å². The molecule has 68 heavy (non-hydrogen) atoms. The van der Waals surface area contributed by atoms with Gasteiger partial charge in [0.2, 0.25) is 0 Å². The van der Waals surface area contributed by atoms with Crippen molar-refractivity contribution in [1.29, 1.82) is 0 Å². The highest BCUT2D eigenvalue weighted by molar-refractivity contribution is 6.94. The third kappa shape index (κ3) is 8.11. The van der Waals surface area contributed by atoms with Gasteiger partial charge in [0, 0.05) is 40.0 Å². The first-order valence-electron chi connectivity index (χ1n) is 24.1. The van der Waals surface area contributed by atoms with E-state index >= 15 is 0 Å². The molecule has 0 atom stereocenters. The lowest BCUT2D eigenvalue weighted by Crippen LogP contribution is -2.55. The summed E-state index contributed by atoms with van der Waals surface area (Å²) in [6.45, 7) is 6.98. The fourth-order valence-corrected chi connectivity index (χ4v) is 10.4. The van der Waals surface area contributed by atoms with E-state index in [0.717, 1.165) is 47.6 Å². The Bertz CT molecular complexity index is 3250. The fraction of sp³-hybridized carbons (Fsp3) is 0.0769. The lowest BCUT2D eigenvalue weighted by atomic mass is 9.33. The van der Waals surface area contributed by atoms with Gasteiger partial charge in [-0.2, -0.15) is 0 Å². The van der Waals surface area contributed by atoms with Gasteiger partial charge < -0.3 is 9.80 Å². The number of nitrogens with zero attached hydrogens (tertiary/aromatic N) is 2. The van der Waals surface area contributed by atoms with Crippen molar-refractivity contribution in [2.24, 2.45) is 0 Å². The normalized spacial score (nSPS) is 13.4. The van der Waals surface area contributed by atoms with E-state index in [9.17, 15) is 0 Å². The van der Waals surface area contributed by atoms with Gasteiger partial charge in [0.1, 0.15) is 0 Å². The number of allylic oxidation sites excluding steroid dienone is 3. The van der Waals surface area contributed by atoms with E-state index in [0.29, 0.717) is 0 Å². The molecule has 0 aliphatic carbocycles. The average Bonchev–Trinajstić information content (AvgIpc) is 3.41. The molecule has 2 aliphatic rings. The molecule has 0 saturated carbocycles. The largest absolute Gasteiger partial charge is 0.317 e. The van der Waals surface area contributed by atoms with Gasteiger partial charge in [-0.3, -0.25) is 0 Å². The summed E-state index contributed by atoms with van der Waals surface area (Å²) >= 11 is 0. The van der Waals surface area contributed by atoms with Crippen LogP contribution in [0.4, 0.5) is 22.7 Å². The number of hydrogen-bond acceptors (Lipinski definition) is 2. The molecule has 0 spiro atoms. The Morgan fingerprint density at radius 2 is 0.897 bits per heavy atom. The third-order valence-electron chi connectivity index (χ3n) is 13.6. The van der Waals surface area contributed by atoms with E-state index in [-0.39, 0.29) is 6.71 Å². The van der Waals surface area contributed by atoms with Gasteiger partial charge in [-0.25, -0.2) is 0 Å². The van der Waals surface area contributed by atoms with Crippen molar-refractivity contribution in [2.45, 2.75) is 32.6 Å². The van der Waals surface area contributed by atoms with Gasteiger partial charge in [-0.05, 0) is 92.5 Å². The monoisotopic (exact) mass is 872 g/mol. The van der Waals surface area contributed by atoms with Crippen LogP contribution in [0.5, 0.6) is 0 Å². The molecule has 2 aliphatic heterocycles. The Hall–Kier alpha value is -8.14. The van der Waals surface area contributed by atoms with Crippen molar-refractivity contribution in [1.82, 2.24) is 0 Å². The molecule has 11 rings (SSSR count). The molecule has 0 unspecified atom stereocenters. The Morgan fingerprint density at radius 3 is 1.44 bits per heavy atom. The highest BCUT2D eigenvalue weighted by Gasteiger charge is 2.43. The highest BCUT2D eigenvalue weighted by Crippen LogP contribution is 2.49. The summed E-state index contributed by atoms with van der Waals surface area (Å²) in [4.78, 5) is 5.06. The van der Waals surface area contributed by atoms with Crippen LogP contribution in [0.1, 0.15) is 32.6 Å². The molecule has 2 heterocycles. The van der Waals surface area contributed by atoms with Crippen LogP contribution < -0.4 is 20.7 Å². The van der Waals surface area contributed by atoms with E-state index in [1.165, 1.54) is 84.1 Å². The second-order valence-electron chi connectivity index (χ2n) is 18.0. The number of unbranched alkanes of at least 4 members (excludes halogenated alkanes) is 2. The molecule has 9 aromatic rings. The van der Waals surface area contributed by atoms with Crippen LogP contribution in [0.15, 0.2) is 266 Å². The molecule has 2 nitrogen and oxygen atoms in total. The predicted molar refractivity (Wildman–Crippen MR) is 292 cm³/mol. The molecule has 9 aromatic carbocycles. The van der Waals surface area contributed by atoms with E-state index in [4.69, 9.17) is 6.58 Å². The molecular weight excluding hydrogens is 820 g/mol. The first-order chi connectivity index (χ1) is 33.6. The smallest absolute Gasteiger partial charge is 0.251 e. The predicted octanol–water partition coefficient (Wildman–Crippen LogP) is 16.4. The number of benzene rings is 9. The Labute approximate surface area is 402 Å². The van der Waals surface area contributed by atoms with Gasteiger partial charge >= 0.3 is 0 Å². The summed E-state index contributed by atoms with van der Waals surface area (Å²) in [5, 5.41) is 0. The maximum atomic E-state index is 4.82. The van der Waals surface area contributed by atoms with Gasteiger partial charge in [-0.1, -0.05) is 244 Å². The molecule has 326 valence electrons. The molecule has 0 aromatic heterocycles. The van der Waals surface area contributed by atoms with Crippen molar-refractivity contribution in [3.05, 3.63) is 266 Å². The summed E-state index contributed by atoms with van der Waals surface area (Å²) in [5.41, 5.74) is 22.4. The van der Waals surface area contributed by atoms with E-state index in [1.54, 1.807) is 0 Å². The minimum atomic E-state index is -0.109. The van der Waals surface area contributed by atoms with Crippen LogP contribution in [0, 0.1) is 0 Å². The summed E-state index contributed by atoms with van der Waals surface area (Å²) in [6, 6.07) is 84.3. The van der Waals surface area contributed by atoms with Crippen LogP contribution in [0.3, 0.4) is 0 Å². The van der Waals surface area contributed by atoms with E-state index < -0.39 is 0 Å². The molecular formula is C65H53BN2. The molecule has 0 saturated heterocycles. The molecule has 0 amide bonds. The Balaban J connectivity index is 1.26. The zero-order valence-electron chi connectivity index (χ0n) is 38.6. The second-order valence-corrected chi connectivity index (χ2v) is 18.0. The fourth-order valence-electron chi connectivity index (χ4n) is 10.4. The van der Waals surface area contributed by atoms with Crippen molar-refractivity contribution in [2.75, 3.05) is 9.80 Å². The zero-order chi connectivity index (χ0) is 45.8. The summed E-state index contributed by atoms with van der Waals surface area (Å²) < 4.78 is 0. The van der Waals surface area contributed by atoms with Gasteiger partial charge in [0.25, 0.3) is 6.71 Å². The van der Waals surface area contributed by atoms with Crippen LogP contribution in [-0.2, 0) is 0 Å². The van der Waals surface area contributed by atoms with Gasteiger partial charge in [0.05, 0.1) is 11.4 Å². The molecule has 0 fully saturated rings. The third-order valence-corrected chi connectivity index (χ3v) is 13.6. The molecule has 3 heteroatoms. The SMILES string of the molecule is C=C(/C=C1\C2=CN(c3c(-c4ccccc4)cccc3-c3ccccc3)c3ccc(-c4ccccc4)cc3B2c2cc(-c3ccccc3)ccc2N1c1ccccc1-c1ccccc1)CCCCC. The van der Waals surface area contributed by atoms with Crippen LogP contribution in [0.2, 0.25) is 0 Å². The standard InChI is InChI=1S/C65H53BN2/c1-3-4-10-24-47(2)43-64-60-46-67(65-56(51-31-17-8-18-32-51)36-23-37-57(65)52-33-19-9-20-34-52)62-41-39-53(48-25-11-5-12-26-48)44-58(62)66(60)59-45-54(49-27-13-6-14-28-49)40-42-63(59)68(64)61-38-22-21-35-55(61)50-29-15-7-16-30-50/h5-9,11-23,25-46H,2-4,10,24H2,1H3/b64-43+. The van der Waals surface area contributed by atoms with Crippen molar-refractivity contribution in [3.8, 4) is 55.6 Å². The second kappa shape index (κ2) is 19.0. The highest BCUT2D eigenvalue weighted by atomic mass is 15.2. The summed E-state index contributed by atoms with van der Waals surface area (Å²) in [7, 11) is 0. The maximum absolute atomic E-state index is 4.82. The maximum Gasteiger partial charge on any atom is 0.251 e. The van der Waals surface area contributed by atoms with Gasteiger partial charge in [0.15, 0.2) is 0 Å². The molecule has 0 N–H and O–H groups in total. The minimum Gasteiger partial charge on any atom is -0.317 e. The number of anilines is 4. The Kier molecular flexibility index (Phi) is 11.9. The Morgan fingerprint density at radius 1 is 0.441 bits per heavy atom. The van der Waals surface area contributed by atoms with Crippen molar-refractivity contribution in [3.63, 3.8) is 0 Å². The lowest BCUT2D eigenvalue weighted by molar-refractivity contribution is 0.720. The topological polar surface area (TPSA) is 6.48 Å². The quantitative estimate of drug-likeness (QED) is 0.0891. The zero-order valence-corrected chi connectivity index (χ0v) is 38.6. The van der Waals surface area contributed by atoms with Crippen molar-refractivity contribution < 1.29 is 0 Å². The van der Waals surface area contributed by atoms with Crippen molar-refractivity contribution >= 4 is 40.4 Å².